The van der Waals surface area contributed by atoms with Crippen molar-refractivity contribution in [3.05, 3.63) is 0 Å². The van der Waals surface area contributed by atoms with E-state index in [0.717, 1.165) is 19.3 Å². The molecular formula is C37H75NO8P+. The van der Waals surface area contributed by atoms with Crippen molar-refractivity contribution in [1.29, 1.82) is 0 Å². The number of carbonyl (C=O) groups excluding carboxylic acids is 2. The maximum absolute atomic E-state index is 12.2. The van der Waals surface area contributed by atoms with Gasteiger partial charge in [0.15, 0.2) is 6.10 Å². The highest BCUT2D eigenvalue weighted by Crippen LogP contribution is 2.43. The van der Waals surface area contributed by atoms with E-state index in [2.05, 4.69) is 6.92 Å². The molecule has 10 heteroatoms. The monoisotopic (exact) mass is 693 g/mol. The van der Waals surface area contributed by atoms with Crippen LogP contribution in [0.5, 0.6) is 0 Å². The number of esters is 2. The zero-order chi connectivity index (χ0) is 35.1. The first kappa shape index (κ1) is 46.0. The van der Waals surface area contributed by atoms with Crippen LogP contribution in [-0.2, 0) is 32.7 Å². The molecule has 1 N–H and O–H groups in total. The van der Waals surface area contributed by atoms with E-state index in [1.54, 1.807) is 0 Å². The molecule has 1 unspecified atom stereocenters. The minimum absolute atomic E-state index is 0.0318. The summed E-state index contributed by atoms with van der Waals surface area (Å²) in [5.41, 5.74) is 0. The molecule has 0 spiro atoms. The summed E-state index contributed by atoms with van der Waals surface area (Å²) in [6.07, 6.45) is 31.2. The predicted molar refractivity (Wildman–Crippen MR) is 192 cm³/mol. The quantitative estimate of drug-likeness (QED) is 0.0303. The van der Waals surface area contributed by atoms with Crippen LogP contribution >= 0.6 is 7.82 Å². The Morgan fingerprint density at radius 3 is 1.36 bits per heavy atom. The molecule has 0 aliphatic heterocycles. The molecule has 2 atom stereocenters. The normalized spacial score (nSPS) is 13.7. The fourth-order valence-electron chi connectivity index (χ4n) is 5.49. The van der Waals surface area contributed by atoms with Gasteiger partial charge in [-0.25, -0.2) is 4.57 Å². The lowest BCUT2D eigenvalue weighted by Gasteiger charge is -2.24. The number of phosphoric acid groups is 1. The minimum Gasteiger partial charge on any atom is -0.462 e. The van der Waals surface area contributed by atoms with Crippen molar-refractivity contribution in [2.24, 2.45) is 0 Å². The highest BCUT2D eigenvalue weighted by molar-refractivity contribution is 7.47. The summed E-state index contributed by atoms with van der Waals surface area (Å²) in [4.78, 5) is 33.4. The highest BCUT2D eigenvalue weighted by Gasteiger charge is 2.26. The SMILES string of the molecule is CCCCCCCCCCCCCCCCCCCCCCCCCCC(=O)OC[C@H](COP(=O)(O)OCC[N+](C)(C)C)OC(C)=O. The molecule has 0 fully saturated rings. The number of quaternary nitrogens is 1. The van der Waals surface area contributed by atoms with E-state index in [4.69, 9.17) is 18.5 Å². The molecule has 47 heavy (non-hydrogen) atoms. The molecule has 0 aromatic heterocycles. The third-order valence-electron chi connectivity index (χ3n) is 8.44. The van der Waals surface area contributed by atoms with E-state index in [1.807, 2.05) is 21.1 Å². The van der Waals surface area contributed by atoms with Gasteiger partial charge in [-0.15, -0.1) is 0 Å². The van der Waals surface area contributed by atoms with Crippen LogP contribution in [0.25, 0.3) is 0 Å². The second-order valence-corrected chi connectivity index (χ2v) is 15.9. The molecular weight excluding hydrogens is 617 g/mol. The first-order valence-corrected chi connectivity index (χ1v) is 20.7. The van der Waals surface area contributed by atoms with Crippen LogP contribution in [0.15, 0.2) is 0 Å². The van der Waals surface area contributed by atoms with E-state index in [0.29, 0.717) is 17.4 Å². The van der Waals surface area contributed by atoms with Crippen molar-refractivity contribution in [3.8, 4) is 0 Å². The smallest absolute Gasteiger partial charge is 0.462 e. The lowest BCUT2D eigenvalue weighted by Crippen LogP contribution is -2.37. The predicted octanol–water partition coefficient (Wildman–Crippen LogP) is 10.1. The molecule has 280 valence electrons. The molecule has 0 aromatic carbocycles. The van der Waals surface area contributed by atoms with Crippen LogP contribution in [0.1, 0.15) is 174 Å². The van der Waals surface area contributed by atoms with Crippen molar-refractivity contribution in [3.63, 3.8) is 0 Å². The standard InChI is InChI=1S/C37H74NO8P/c1-6-7-8-9-10-11-12-13-14-15-16-17-18-19-20-21-22-23-24-25-26-27-28-29-30-37(40)43-33-36(46-35(2)39)34-45-47(41,42)44-32-31-38(3,4)5/h36H,6-34H2,1-5H3/p+1/t36-/m1/s1. The summed E-state index contributed by atoms with van der Waals surface area (Å²) in [5, 5.41) is 0. The zero-order valence-electron chi connectivity index (χ0n) is 31.3. The molecule has 0 aliphatic rings. The van der Waals surface area contributed by atoms with Gasteiger partial charge in [-0.1, -0.05) is 155 Å². The first-order chi connectivity index (χ1) is 22.4. The van der Waals surface area contributed by atoms with E-state index >= 15 is 0 Å². The summed E-state index contributed by atoms with van der Waals surface area (Å²) in [7, 11) is 1.48. The fraction of sp³-hybridized carbons (Fsp3) is 0.946. The second kappa shape index (κ2) is 31.0. The molecule has 9 nitrogen and oxygen atoms in total. The zero-order valence-corrected chi connectivity index (χ0v) is 32.2. The van der Waals surface area contributed by atoms with Gasteiger partial charge in [-0.2, -0.15) is 0 Å². The van der Waals surface area contributed by atoms with Gasteiger partial charge in [0.25, 0.3) is 0 Å². The first-order valence-electron chi connectivity index (χ1n) is 19.2. The summed E-state index contributed by atoms with van der Waals surface area (Å²) in [6, 6.07) is 0. The van der Waals surface area contributed by atoms with Crippen LogP contribution < -0.4 is 0 Å². The van der Waals surface area contributed by atoms with Crippen molar-refractivity contribution < 1.29 is 42.1 Å². The Bertz CT molecular complexity index is 789. The molecule has 0 heterocycles. The Labute approximate surface area is 289 Å². The van der Waals surface area contributed by atoms with Crippen LogP contribution in [0.2, 0.25) is 0 Å². The molecule has 0 saturated heterocycles. The molecule has 0 amide bonds. The summed E-state index contributed by atoms with van der Waals surface area (Å²) in [5.74, 6) is -0.981. The van der Waals surface area contributed by atoms with E-state index < -0.39 is 26.5 Å². The van der Waals surface area contributed by atoms with Crippen LogP contribution in [0.4, 0.5) is 0 Å². The Morgan fingerprint density at radius 2 is 1.00 bits per heavy atom. The van der Waals surface area contributed by atoms with Gasteiger partial charge in [0, 0.05) is 13.3 Å². The number of rotatable bonds is 35. The number of nitrogens with zero attached hydrogens (tertiary/aromatic N) is 1. The van der Waals surface area contributed by atoms with Gasteiger partial charge in [0.1, 0.15) is 19.8 Å². The molecule has 0 radical (unpaired) electrons. The molecule has 0 saturated carbocycles. The number of hydrogen-bond donors (Lipinski definition) is 1. The van der Waals surface area contributed by atoms with Crippen molar-refractivity contribution in [2.45, 2.75) is 180 Å². The Balaban J connectivity index is 3.62. The Morgan fingerprint density at radius 1 is 0.617 bits per heavy atom. The van der Waals surface area contributed by atoms with Gasteiger partial charge in [-0.05, 0) is 6.42 Å². The Hall–Kier alpha value is -0.990. The number of unbranched alkanes of at least 4 members (excludes halogenated alkanes) is 23. The van der Waals surface area contributed by atoms with Crippen molar-refractivity contribution in [1.82, 2.24) is 0 Å². The lowest BCUT2D eigenvalue weighted by molar-refractivity contribution is -0.870. The average Bonchev–Trinajstić information content (AvgIpc) is 2.99. The van der Waals surface area contributed by atoms with E-state index in [1.165, 1.54) is 142 Å². The second-order valence-electron chi connectivity index (χ2n) is 14.4. The summed E-state index contributed by atoms with van der Waals surface area (Å²) in [6.45, 7) is 3.39. The van der Waals surface area contributed by atoms with Crippen LogP contribution in [-0.4, -0.2) is 74.9 Å². The number of ether oxygens (including phenoxy) is 2. The van der Waals surface area contributed by atoms with E-state index in [9.17, 15) is 19.0 Å². The number of phosphoric ester groups is 1. The molecule has 0 bridgehead atoms. The molecule has 0 aliphatic carbocycles. The van der Waals surface area contributed by atoms with Gasteiger partial charge in [-0.3, -0.25) is 18.6 Å². The number of carbonyl (C=O) groups is 2. The maximum atomic E-state index is 12.2. The van der Waals surface area contributed by atoms with E-state index in [-0.39, 0.29) is 19.2 Å². The molecule has 0 aromatic rings. The van der Waals surface area contributed by atoms with Gasteiger partial charge >= 0.3 is 19.8 Å². The topological polar surface area (TPSA) is 108 Å². The third-order valence-corrected chi connectivity index (χ3v) is 9.42. The van der Waals surface area contributed by atoms with Gasteiger partial charge in [0.05, 0.1) is 27.7 Å². The molecule has 0 rings (SSSR count). The average molecular weight is 693 g/mol. The number of hydrogen-bond acceptors (Lipinski definition) is 7. The summed E-state index contributed by atoms with van der Waals surface area (Å²) >= 11 is 0. The van der Waals surface area contributed by atoms with Crippen molar-refractivity contribution in [2.75, 3.05) is 47.5 Å². The summed E-state index contributed by atoms with van der Waals surface area (Å²) < 4.78 is 32.9. The van der Waals surface area contributed by atoms with Gasteiger partial charge < -0.3 is 18.9 Å². The fourth-order valence-corrected chi connectivity index (χ4v) is 6.23. The van der Waals surface area contributed by atoms with Gasteiger partial charge in [0.2, 0.25) is 0 Å². The highest BCUT2D eigenvalue weighted by atomic mass is 31.2. The van der Waals surface area contributed by atoms with Crippen molar-refractivity contribution >= 4 is 19.8 Å². The third kappa shape index (κ3) is 36.1. The lowest BCUT2D eigenvalue weighted by atomic mass is 10.0. The Kier molecular flexibility index (Phi) is 30.4. The van der Waals surface area contributed by atoms with Crippen LogP contribution in [0.3, 0.4) is 0 Å². The minimum atomic E-state index is -4.32. The maximum Gasteiger partial charge on any atom is 0.472 e. The number of likely N-dealkylation sites (N-methyl/N-ethyl adjacent to an activating group) is 1. The largest absolute Gasteiger partial charge is 0.472 e. The van der Waals surface area contributed by atoms with Crippen LogP contribution in [0, 0.1) is 0 Å².